The minimum atomic E-state index is -3.71. The van der Waals surface area contributed by atoms with Gasteiger partial charge in [0.25, 0.3) is 5.69 Å². The summed E-state index contributed by atoms with van der Waals surface area (Å²) >= 11 is 0. The molecular weight excluding hydrogens is 414 g/mol. The van der Waals surface area contributed by atoms with Crippen molar-refractivity contribution in [3.8, 4) is 0 Å². The number of primary amides is 1. The standard InChI is InChI=1S/C19H21N3O7S/c1-3-12(2)21-30(27,28)16-8-6-13(7-9-16)19(24)29-11-15-5-4-14(18(20)23)10-17(15)22(25)26/h4-10,12,21H,3,11H2,1-2H3,(H2,20,23). The van der Waals surface area contributed by atoms with Crippen LogP contribution in [0.15, 0.2) is 47.4 Å². The van der Waals surface area contributed by atoms with Gasteiger partial charge in [-0.3, -0.25) is 14.9 Å². The van der Waals surface area contributed by atoms with Crippen LogP contribution in [-0.4, -0.2) is 31.3 Å². The lowest BCUT2D eigenvalue weighted by Gasteiger charge is -2.12. The number of nitrogens with one attached hydrogen (secondary N) is 1. The van der Waals surface area contributed by atoms with Crippen molar-refractivity contribution in [1.29, 1.82) is 0 Å². The summed E-state index contributed by atoms with van der Waals surface area (Å²) in [7, 11) is -3.71. The molecule has 1 amide bonds. The molecule has 11 heteroatoms. The van der Waals surface area contributed by atoms with Crippen LogP contribution in [0.1, 0.15) is 46.5 Å². The monoisotopic (exact) mass is 435 g/mol. The van der Waals surface area contributed by atoms with Crippen molar-refractivity contribution in [2.24, 2.45) is 5.73 Å². The van der Waals surface area contributed by atoms with Crippen LogP contribution in [-0.2, 0) is 21.4 Å². The molecule has 0 spiro atoms. The summed E-state index contributed by atoms with van der Waals surface area (Å²) in [6.07, 6.45) is 0.621. The van der Waals surface area contributed by atoms with Crippen LogP contribution in [0.2, 0.25) is 0 Å². The molecule has 0 radical (unpaired) electrons. The number of nitrogens with zero attached hydrogens (tertiary/aromatic N) is 1. The minimum Gasteiger partial charge on any atom is -0.457 e. The lowest BCUT2D eigenvalue weighted by Crippen LogP contribution is -2.32. The third kappa shape index (κ3) is 5.61. The van der Waals surface area contributed by atoms with Gasteiger partial charge in [0.15, 0.2) is 0 Å². The van der Waals surface area contributed by atoms with E-state index in [9.17, 15) is 28.1 Å². The van der Waals surface area contributed by atoms with E-state index in [1.54, 1.807) is 6.92 Å². The fraction of sp³-hybridized carbons (Fsp3) is 0.263. The molecule has 30 heavy (non-hydrogen) atoms. The number of nitro groups is 1. The summed E-state index contributed by atoms with van der Waals surface area (Å²) in [5.41, 5.74) is 4.82. The summed E-state index contributed by atoms with van der Waals surface area (Å²) in [4.78, 5) is 33.9. The van der Waals surface area contributed by atoms with Crippen LogP contribution in [0.4, 0.5) is 5.69 Å². The van der Waals surface area contributed by atoms with E-state index in [1.807, 2.05) is 6.92 Å². The zero-order chi connectivity index (χ0) is 22.5. The lowest BCUT2D eigenvalue weighted by molar-refractivity contribution is -0.385. The topological polar surface area (TPSA) is 159 Å². The first-order valence-corrected chi connectivity index (χ1v) is 10.4. The molecule has 2 aromatic rings. The SMILES string of the molecule is CCC(C)NS(=O)(=O)c1ccc(C(=O)OCc2ccc(C(N)=O)cc2[N+](=O)[O-])cc1. The van der Waals surface area contributed by atoms with Crippen molar-refractivity contribution in [2.75, 3.05) is 0 Å². The van der Waals surface area contributed by atoms with Crippen LogP contribution in [0.25, 0.3) is 0 Å². The van der Waals surface area contributed by atoms with E-state index in [0.717, 1.165) is 6.07 Å². The Balaban J connectivity index is 2.12. The maximum atomic E-state index is 12.2. The summed E-state index contributed by atoms with van der Waals surface area (Å²) in [5.74, 6) is -1.61. The number of rotatable bonds is 9. The number of benzene rings is 2. The number of nitrogens with two attached hydrogens (primary N) is 1. The smallest absolute Gasteiger partial charge is 0.338 e. The highest BCUT2D eigenvalue weighted by Gasteiger charge is 2.20. The number of carbonyl (C=O) groups is 2. The second-order valence-electron chi connectivity index (χ2n) is 6.50. The lowest BCUT2D eigenvalue weighted by atomic mass is 10.1. The molecule has 1 atom stereocenters. The minimum absolute atomic E-state index is 0.00275. The van der Waals surface area contributed by atoms with Gasteiger partial charge in [-0.05, 0) is 49.7 Å². The van der Waals surface area contributed by atoms with Crippen LogP contribution in [0, 0.1) is 10.1 Å². The quantitative estimate of drug-likeness (QED) is 0.347. The van der Waals surface area contributed by atoms with Crippen LogP contribution in [0.3, 0.4) is 0 Å². The number of ether oxygens (including phenoxy) is 1. The van der Waals surface area contributed by atoms with Crippen molar-refractivity contribution in [3.05, 3.63) is 69.3 Å². The molecule has 0 bridgehead atoms. The third-order valence-electron chi connectivity index (χ3n) is 4.29. The maximum Gasteiger partial charge on any atom is 0.338 e. The Morgan fingerprint density at radius 2 is 1.77 bits per heavy atom. The molecule has 2 aromatic carbocycles. The van der Waals surface area contributed by atoms with Gasteiger partial charge >= 0.3 is 5.97 Å². The van der Waals surface area contributed by atoms with Gasteiger partial charge < -0.3 is 10.5 Å². The molecule has 0 heterocycles. The van der Waals surface area contributed by atoms with Crippen molar-refractivity contribution in [2.45, 2.75) is 37.8 Å². The Labute approximate surface area is 173 Å². The molecule has 2 rings (SSSR count). The predicted molar refractivity (Wildman–Crippen MR) is 107 cm³/mol. The molecule has 0 saturated heterocycles. The van der Waals surface area contributed by atoms with Gasteiger partial charge in [0, 0.05) is 17.7 Å². The number of carbonyl (C=O) groups excluding carboxylic acids is 2. The van der Waals surface area contributed by atoms with Gasteiger partial charge in [-0.15, -0.1) is 0 Å². The highest BCUT2D eigenvalue weighted by molar-refractivity contribution is 7.89. The molecule has 3 N–H and O–H groups in total. The second-order valence-corrected chi connectivity index (χ2v) is 8.21. The maximum absolute atomic E-state index is 12.2. The average molecular weight is 435 g/mol. The van der Waals surface area contributed by atoms with Gasteiger partial charge in [-0.25, -0.2) is 17.9 Å². The first kappa shape index (κ1) is 23.0. The predicted octanol–water partition coefficient (Wildman–Crippen LogP) is 2.13. The van der Waals surface area contributed by atoms with Crippen LogP contribution < -0.4 is 10.5 Å². The number of amides is 1. The molecule has 0 fully saturated rings. The molecule has 0 aliphatic heterocycles. The number of nitro benzene ring substituents is 1. The van der Waals surface area contributed by atoms with Gasteiger partial charge in [0.2, 0.25) is 15.9 Å². The number of hydrogen-bond acceptors (Lipinski definition) is 7. The molecule has 0 saturated carbocycles. The molecule has 10 nitrogen and oxygen atoms in total. The normalized spacial score (nSPS) is 12.2. The first-order valence-electron chi connectivity index (χ1n) is 8.91. The highest BCUT2D eigenvalue weighted by Crippen LogP contribution is 2.22. The number of hydrogen-bond donors (Lipinski definition) is 2. The fourth-order valence-electron chi connectivity index (χ4n) is 2.42. The Morgan fingerprint density at radius 3 is 2.30 bits per heavy atom. The first-order chi connectivity index (χ1) is 14.0. The summed E-state index contributed by atoms with van der Waals surface area (Å²) in [6.45, 7) is 3.17. The zero-order valence-electron chi connectivity index (χ0n) is 16.3. The summed E-state index contributed by atoms with van der Waals surface area (Å²) in [5, 5.41) is 11.2. The number of esters is 1. The molecule has 0 aromatic heterocycles. The van der Waals surface area contributed by atoms with Crippen LogP contribution in [0.5, 0.6) is 0 Å². The van der Waals surface area contributed by atoms with E-state index in [2.05, 4.69) is 4.72 Å². The molecule has 0 aliphatic carbocycles. The fourth-order valence-corrected chi connectivity index (χ4v) is 3.75. The van der Waals surface area contributed by atoms with E-state index in [0.29, 0.717) is 6.42 Å². The largest absolute Gasteiger partial charge is 0.457 e. The van der Waals surface area contributed by atoms with Crippen molar-refractivity contribution < 1.29 is 27.7 Å². The van der Waals surface area contributed by atoms with Gasteiger partial charge in [0.05, 0.1) is 20.9 Å². The molecule has 160 valence electrons. The van der Waals surface area contributed by atoms with E-state index in [1.165, 1.54) is 36.4 Å². The average Bonchev–Trinajstić information content (AvgIpc) is 2.71. The van der Waals surface area contributed by atoms with E-state index in [4.69, 9.17) is 10.5 Å². The summed E-state index contributed by atoms with van der Waals surface area (Å²) in [6, 6.07) is 8.46. The number of sulfonamides is 1. The van der Waals surface area contributed by atoms with E-state index >= 15 is 0 Å². The van der Waals surface area contributed by atoms with E-state index in [-0.39, 0.29) is 27.6 Å². The highest BCUT2D eigenvalue weighted by atomic mass is 32.2. The van der Waals surface area contributed by atoms with Crippen molar-refractivity contribution in [3.63, 3.8) is 0 Å². The van der Waals surface area contributed by atoms with Crippen molar-refractivity contribution in [1.82, 2.24) is 4.72 Å². The van der Waals surface area contributed by atoms with Gasteiger partial charge in [-0.1, -0.05) is 6.92 Å². The zero-order valence-corrected chi connectivity index (χ0v) is 17.1. The van der Waals surface area contributed by atoms with Gasteiger partial charge in [0.1, 0.15) is 6.61 Å². The molecular formula is C19H21N3O7S. The van der Waals surface area contributed by atoms with Gasteiger partial charge in [-0.2, -0.15) is 0 Å². The molecule has 0 aliphatic rings. The molecule has 1 unspecified atom stereocenters. The van der Waals surface area contributed by atoms with Crippen LogP contribution >= 0.6 is 0 Å². The summed E-state index contributed by atoms with van der Waals surface area (Å²) < 4.78 is 32.1. The van der Waals surface area contributed by atoms with E-state index < -0.39 is 39.1 Å². The van der Waals surface area contributed by atoms with Crippen molar-refractivity contribution >= 4 is 27.6 Å². The Morgan fingerprint density at radius 1 is 1.17 bits per heavy atom. The Bertz CT molecular complexity index is 1070. The Kier molecular flexibility index (Phi) is 7.24. The Hall–Kier alpha value is -3.31. The third-order valence-corrected chi connectivity index (χ3v) is 5.90. The second kappa shape index (κ2) is 9.46.